The molecule has 100 valence electrons. The van der Waals surface area contributed by atoms with Crippen LogP contribution < -0.4 is 4.90 Å². The van der Waals surface area contributed by atoms with E-state index in [9.17, 15) is 0 Å². The highest BCUT2D eigenvalue weighted by molar-refractivity contribution is 5.47. The molecular formula is C16H26N2. The van der Waals surface area contributed by atoms with E-state index in [-0.39, 0.29) is 0 Å². The van der Waals surface area contributed by atoms with Crippen molar-refractivity contribution in [2.24, 2.45) is 5.41 Å². The smallest absolute Gasteiger partial charge is 0.0389 e. The molecule has 1 aliphatic heterocycles. The number of rotatable bonds is 2. The third kappa shape index (κ3) is 3.49. The molecule has 2 nitrogen and oxygen atoms in total. The normalized spacial score (nSPS) is 22.2. The van der Waals surface area contributed by atoms with Crippen molar-refractivity contribution in [3.8, 4) is 0 Å². The molecule has 0 bridgehead atoms. The van der Waals surface area contributed by atoms with Crippen molar-refractivity contribution in [1.29, 1.82) is 0 Å². The predicted molar refractivity (Wildman–Crippen MR) is 79.1 cm³/mol. The molecule has 0 saturated carbocycles. The van der Waals surface area contributed by atoms with Crippen LogP contribution in [0.25, 0.3) is 0 Å². The summed E-state index contributed by atoms with van der Waals surface area (Å²) < 4.78 is 0. The van der Waals surface area contributed by atoms with Crippen molar-refractivity contribution < 1.29 is 0 Å². The van der Waals surface area contributed by atoms with Gasteiger partial charge in [0.2, 0.25) is 0 Å². The van der Waals surface area contributed by atoms with Crippen molar-refractivity contribution in [2.75, 3.05) is 31.1 Å². The predicted octanol–water partition coefficient (Wildman–Crippen LogP) is 3.24. The molecule has 0 N–H and O–H groups in total. The van der Waals surface area contributed by atoms with Crippen molar-refractivity contribution in [1.82, 2.24) is 4.90 Å². The van der Waals surface area contributed by atoms with Gasteiger partial charge in [0, 0.05) is 37.9 Å². The lowest BCUT2D eigenvalue weighted by molar-refractivity contribution is 0.165. The molecule has 2 rings (SSSR count). The molecule has 1 aromatic rings. The minimum absolute atomic E-state index is 0.397. The van der Waals surface area contributed by atoms with Crippen LogP contribution in [-0.2, 0) is 0 Å². The highest BCUT2D eigenvalue weighted by atomic mass is 15.3. The zero-order valence-corrected chi connectivity index (χ0v) is 12.2. The Morgan fingerprint density at radius 2 is 1.78 bits per heavy atom. The minimum Gasteiger partial charge on any atom is -0.366 e. The molecular weight excluding hydrogens is 220 g/mol. The van der Waals surface area contributed by atoms with Gasteiger partial charge in [-0.1, -0.05) is 39.0 Å². The Bertz CT molecular complexity index is 366. The van der Waals surface area contributed by atoms with E-state index in [0.717, 1.165) is 6.54 Å². The van der Waals surface area contributed by atoms with Gasteiger partial charge in [0.25, 0.3) is 0 Å². The molecule has 1 saturated heterocycles. The number of hydrogen-bond acceptors (Lipinski definition) is 2. The molecule has 0 amide bonds. The number of nitrogens with zero attached hydrogens (tertiary/aromatic N) is 2. The average molecular weight is 246 g/mol. The molecule has 1 heterocycles. The highest BCUT2D eigenvalue weighted by Gasteiger charge is 2.26. The molecule has 1 aromatic carbocycles. The fourth-order valence-corrected chi connectivity index (χ4v) is 2.85. The standard InChI is InChI=1S/C16H26N2/c1-14-12-17(13-16(2,3)4)10-11-18(14)15-8-6-5-7-9-15/h5-9,14H,10-13H2,1-4H3. The van der Waals surface area contributed by atoms with Crippen LogP contribution >= 0.6 is 0 Å². The van der Waals surface area contributed by atoms with Crippen molar-refractivity contribution in [3.05, 3.63) is 30.3 Å². The van der Waals surface area contributed by atoms with Crippen LogP contribution in [0, 0.1) is 5.41 Å². The van der Waals surface area contributed by atoms with Crippen LogP contribution in [0.3, 0.4) is 0 Å². The topological polar surface area (TPSA) is 6.48 Å². The summed E-state index contributed by atoms with van der Waals surface area (Å²) in [5.41, 5.74) is 1.76. The molecule has 0 spiro atoms. The summed E-state index contributed by atoms with van der Waals surface area (Å²) in [5.74, 6) is 0. The van der Waals surface area contributed by atoms with Gasteiger partial charge < -0.3 is 4.90 Å². The molecule has 18 heavy (non-hydrogen) atoms. The summed E-state index contributed by atoms with van der Waals surface area (Å²) in [5, 5.41) is 0. The third-order valence-corrected chi connectivity index (χ3v) is 3.50. The Morgan fingerprint density at radius 1 is 1.11 bits per heavy atom. The Hall–Kier alpha value is -1.02. The van der Waals surface area contributed by atoms with Gasteiger partial charge in [-0.05, 0) is 24.5 Å². The van der Waals surface area contributed by atoms with Gasteiger partial charge in [-0.2, -0.15) is 0 Å². The van der Waals surface area contributed by atoms with E-state index in [0.29, 0.717) is 11.5 Å². The first-order chi connectivity index (χ1) is 8.46. The zero-order valence-electron chi connectivity index (χ0n) is 12.2. The third-order valence-electron chi connectivity index (χ3n) is 3.50. The van der Waals surface area contributed by atoms with Gasteiger partial charge in [-0.15, -0.1) is 0 Å². The first-order valence-electron chi connectivity index (χ1n) is 7.00. The Morgan fingerprint density at radius 3 is 2.33 bits per heavy atom. The van der Waals surface area contributed by atoms with Crippen LogP contribution in [0.5, 0.6) is 0 Å². The Kier molecular flexibility index (Phi) is 3.96. The average Bonchev–Trinajstić information content (AvgIpc) is 2.28. The van der Waals surface area contributed by atoms with Crippen molar-refractivity contribution >= 4 is 5.69 Å². The van der Waals surface area contributed by atoms with E-state index in [1.807, 2.05) is 0 Å². The van der Waals surface area contributed by atoms with Gasteiger partial charge in [-0.3, -0.25) is 4.90 Å². The van der Waals surface area contributed by atoms with E-state index in [4.69, 9.17) is 0 Å². The molecule has 1 unspecified atom stereocenters. The molecule has 2 heteroatoms. The Labute approximate surface area is 112 Å². The van der Waals surface area contributed by atoms with Gasteiger partial charge >= 0.3 is 0 Å². The molecule has 1 aliphatic rings. The second-order valence-electron chi connectivity index (χ2n) is 6.67. The lowest BCUT2D eigenvalue weighted by atomic mass is 9.95. The van der Waals surface area contributed by atoms with E-state index >= 15 is 0 Å². The first kappa shape index (κ1) is 13.4. The monoisotopic (exact) mass is 246 g/mol. The second kappa shape index (κ2) is 5.31. The quantitative estimate of drug-likeness (QED) is 0.790. The number of piperazine rings is 1. The number of hydrogen-bond donors (Lipinski definition) is 0. The molecule has 1 atom stereocenters. The van der Waals surface area contributed by atoms with E-state index in [1.54, 1.807) is 0 Å². The maximum atomic E-state index is 2.60. The summed E-state index contributed by atoms with van der Waals surface area (Å²) in [7, 11) is 0. The first-order valence-corrected chi connectivity index (χ1v) is 7.00. The number of anilines is 1. The summed E-state index contributed by atoms with van der Waals surface area (Å²) in [6, 6.07) is 11.4. The summed E-state index contributed by atoms with van der Waals surface area (Å²) in [4.78, 5) is 5.13. The van der Waals surface area contributed by atoms with Gasteiger partial charge in [-0.25, -0.2) is 0 Å². The van der Waals surface area contributed by atoms with Crippen LogP contribution in [0.1, 0.15) is 27.7 Å². The maximum Gasteiger partial charge on any atom is 0.0389 e. The van der Waals surface area contributed by atoms with Crippen LogP contribution in [0.4, 0.5) is 5.69 Å². The van der Waals surface area contributed by atoms with Crippen molar-refractivity contribution in [2.45, 2.75) is 33.7 Å². The zero-order chi connectivity index (χ0) is 13.2. The van der Waals surface area contributed by atoms with Gasteiger partial charge in [0.15, 0.2) is 0 Å². The van der Waals surface area contributed by atoms with Crippen LogP contribution in [0.15, 0.2) is 30.3 Å². The minimum atomic E-state index is 0.397. The van der Waals surface area contributed by atoms with Gasteiger partial charge in [0.1, 0.15) is 0 Å². The summed E-state index contributed by atoms with van der Waals surface area (Å²) in [6.07, 6.45) is 0. The fraction of sp³-hybridized carbons (Fsp3) is 0.625. The molecule has 0 aliphatic carbocycles. The van der Waals surface area contributed by atoms with E-state index in [1.165, 1.54) is 25.3 Å². The SMILES string of the molecule is CC1CN(CC(C)(C)C)CCN1c1ccccc1. The molecule has 0 aromatic heterocycles. The van der Waals surface area contributed by atoms with Gasteiger partial charge in [0.05, 0.1) is 0 Å². The highest BCUT2D eigenvalue weighted by Crippen LogP contribution is 2.22. The molecule has 0 radical (unpaired) electrons. The lowest BCUT2D eigenvalue weighted by Gasteiger charge is -2.43. The van der Waals surface area contributed by atoms with Crippen LogP contribution in [0.2, 0.25) is 0 Å². The summed E-state index contributed by atoms with van der Waals surface area (Å²) >= 11 is 0. The number of para-hydroxylation sites is 1. The second-order valence-corrected chi connectivity index (χ2v) is 6.67. The van der Waals surface area contributed by atoms with Crippen LogP contribution in [-0.4, -0.2) is 37.1 Å². The fourth-order valence-electron chi connectivity index (χ4n) is 2.85. The lowest BCUT2D eigenvalue weighted by Crippen LogP contribution is -2.53. The van der Waals surface area contributed by atoms with E-state index < -0.39 is 0 Å². The molecule has 1 fully saturated rings. The summed E-state index contributed by atoms with van der Waals surface area (Å²) in [6.45, 7) is 14.0. The van der Waals surface area contributed by atoms with Crippen molar-refractivity contribution in [3.63, 3.8) is 0 Å². The largest absolute Gasteiger partial charge is 0.366 e. The van der Waals surface area contributed by atoms with E-state index in [2.05, 4.69) is 67.8 Å². The number of benzene rings is 1. The maximum absolute atomic E-state index is 2.60. The Balaban J connectivity index is 1.97.